The maximum atomic E-state index is 14.7. The Morgan fingerprint density at radius 2 is 1.82 bits per heavy atom. The third kappa shape index (κ3) is 7.18. The summed E-state index contributed by atoms with van der Waals surface area (Å²) >= 11 is 0. The molecule has 3 rings (SSSR count). The van der Waals surface area contributed by atoms with Crippen LogP contribution in [0, 0.1) is 17.0 Å². The molecule has 7 nitrogen and oxygen atoms in total. The Balaban J connectivity index is 2.25. The molecule has 0 bridgehead atoms. The van der Waals surface area contributed by atoms with Crippen molar-refractivity contribution in [1.82, 2.24) is 19.7 Å². The third-order valence-electron chi connectivity index (χ3n) is 6.08. The average molecular weight is 554 g/mol. The molecule has 1 aromatic heterocycles. The number of aliphatic hydroxyl groups excluding tert-OH is 1. The number of aromatic nitrogens is 3. The number of alkyl halides is 3. The molecule has 0 radical (unpaired) electrons. The Bertz CT molecular complexity index is 1300. The predicted octanol–water partition coefficient (Wildman–Crippen LogP) is 4.94. The first-order valence-electron chi connectivity index (χ1n) is 12.4. The van der Waals surface area contributed by atoms with E-state index in [9.17, 15) is 31.9 Å². The second-order valence-electron chi connectivity index (χ2n) is 10.4. The van der Waals surface area contributed by atoms with Crippen LogP contribution in [-0.4, -0.2) is 49.9 Å². The van der Waals surface area contributed by atoms with E-state index in [0.29, 0.717) is 6.42 Å². The van der Waals surface area contributed by atoms with Crippen LogP contribution in [0.2, 0.25) is 0 Å². The lowest BCUT2D eigenvalue weighted by Crippen LogP contribution is -2.47. The molecule has 1 heterocycles. The lowest BCUT2D eigenvalue weighted by molar-refractivity contribution is -0.145. The zero-order chi connectivity index (χ0) is 29.1. The van der Waals surface area contributed by atoms with Gasteiger partial charge in [0.05, 0.1) is 23.7 Å². The monoisotopic (exact) mass is 553 g/mol. The fourth-order valence-corrected chi connectivity index (χ4v) is 4.34. The van der Waals surface area contributed by atoms with Crippen molar-refractivity contribution >= 4 is 5.91 Å². The summed E-state index contributed by atoms with van der Waals surface area (Å²) < 4.78 is 70.2. The Morgan fingerprint density at radius 1 is 1.13 bits per heavy atom. The highest BCUT2D eigenvalue weighted by molar-refractivity contribution is 5.80. The molecule has 0 fully saturated rings. The number of benzene rings is 2. The van der Waals surface area contributed by atoms with Crippen molar-refractivity contribution in [3.63, 3.8) is 0 Å². The maximum absolute atomic E-state index is 14.7. The van der Waals surface area contributed by atoms with Gasteiger partial charge >= 0.3 is 6.18 Å². The van der Waals surface area contributed by atoms with E-state index < -0.39 is 46.8 Å². The number of hydrogen-bond donors (Lipinski definition) is 2. The van der Waals surface area contributed by atoms with Crippen molar-refractivity contribution in [2.45, 2.75) is 59.0 Å². The molecular weight excluding hydrogens is 521 g/mol. The zero-order valence-electron chi connectivity index (χ0n) is 22.1. The Hall–Kier alpha value is -3.38. The Labute approximate surface area is 223 Å². The van der Waals surface area contributed by atoms with Crippen molar-refractivity contribution in [2.75, 3.05) is 13.1 Å². The number of halogens is 5. The van der Waals surface area contributed by atoms with E-state index in [0.717, 1.165) is 30.3 Å². The topological polar surface area (TPSA) is 97.3 Å². The highest BCUT2D eigenvalue weighted by Crippen LogP contribution is 2.39. The number of aliphatic hydroxyl groups is 1. The van der Waals surface area contributed by atoms with Gasteiger partial charge in [0.1, 0.15) is 17.7 Å². The minimum atomic E-state index is -4.58. The second-order valence-corrected chi connectivity index (χ2v) is 10.4. The predicted molar refractivity (Wildman–Crippen MR) is 135 cm³/mol. The molecule has 0 saturated carbocycles. The molecule has 0 saturated heterocycles. The highest BCUT2D eigenvalue weighted by atomic mass is 19.4. The molecule has 0 aliphatic rings. The number of nitrogens with zero attached hydrogens (tertiary/aromatic N) is 4. The van der Waals surface area contributed by atoms with Gasteiger partial charge in [0.25, 0.3) is 5.91 Å². The van der Waals surface area contributed by atoms with Gasteiger partial charge < -0.3 is 15.7 Å². The van der Waals surface area contributed by atoms with Gasteiger partial charge in [-0.1, -0.05) is 32.9 Å². The van der Waals surface area contributed by atoms with Crippen LogP contribution in [-0.2, 0) is 17.5 Å². The smallest absolute Gasteiger partial charge is 0.384 e. The lowest BCUT2D eigenvalue weighted by atomic mass is 9.84. The van der Waals surface area contributed by atoms with E-state index in [1.54, 1.807) is 0 Å². The van der Waals surface area contributed by atoms with E-state index >= 15 is 0 Å². The molecular formula is C27H32F5N5O2. The first-order valence-corrected chi connectivity index (χ1v) is 12.4. The SMILES string of the molecule is C[C@H](O)C(=O)N(CCCN)[C@@H](c1nc(-c2cc(F)ccc2F)nn1Cc1cccc(C(F)(F)F)c1)C(C)(C)C. The molecule has 3 N–H and O–H groups in total. The molecule has 0 unspecified atom stereocenters. The van der Waals surface area contributed by atoms with Gasteiger partial charge in [0.2, 0.25) is 0 Å². The number of carbonyl (C=O) groups excluding carboxylic acids is 1. The summed E-state index contributed by atoms with van der Waals surface area (Å²) in [5.41, 5.74) is 4.07. The molecule has 0 aliphatic heterocycles. The van der Waals surface area contributed by atoms with Crippen molar-refractivity contribution in [3.8, 4) is 11.4 Å². The summed E-state index contributed by atoms with van der Waals surface area (Å²) in [5, 5.41) is 14.5. The molecule has 1 amide bonds. The van der Waals surface area contributed by atoms with E-state index in [1.165, 1.54) is 28.6 Å². The maximum Gasteiger partial charge on any atom is 0.416 e. The van der Waals surface area contributed by atoms with Crippen LogP contribution in [0.5, 0.6) is 0 Å². The van der Waals surface area contributed by atoms with Crippen LogP contribution in [0.4, 0.5) is 22.0 Å². The van der Waals surface area contributed by atoms with Crippen LogP contribution >= 0.6 is 0 Å². The van der Waals surface area contributed by atoms with E-state index in [4.69, 9.17) is 5.73 Å². The number of nitrogens with two attached hydrogens (primary N) is 1. The first-order chi connectivity index (χ1) is 18.1. The van der Waals surface area contributed by atoms with Gasteiger partial charge in [-0.25, -0.2) is 18.4 Å². The average Bonchev–Trinajstić information content (AvgIpc) is 3.23. The van der Waals surface area contributed by atoms with Gasteiger partial charge in [-0.05, 0) is 61.2 Å². The molecule has 3 aromatic rings. The van der Waals surface area contributed by atoms with Gasteiger partial charge in [-0.2, -0.15) is 18.3 Å². The van der Waals surface area contributed by atoms with Crippen LogP contribution in [0.1, 0.15) is 57.1 Å². The molecule has 0 spiro atoms. The second kappa shape index (κ2) is 11.8. The van der Waals surface area contributed by atoms with Gasteiger partial charge in [-0.15, -0.1) is 0 Å². The summed E-state index contributed by atoms with van der Waals surface area (Å²) in [4.78, 5) is 19.1. The number of amides is 1. The van der Waals surface area contributed by atoms with Crippen molar-refractivity contribution in [3.05, 3.63) is 71.1 Å². The standard InChI is InChI=1S/C27H32F5N5O2/c1-16(38)25(39)36(12-6-11-33)22(26(2,3)4)24-34-23(20-14-19(28)9-10-21(20)29)35-37(24)15-17-7-5-8-18(13-17)27(30,31)32/h5,7-10,13-14,16,22,38H,6,11-12,15,33H2,1-4H3/t16-,22-/m0/s1. The Kier molecular flexibility index (Phi) is 9.12. The van der Waals surface area contributed by atoms with Crippen LogP contribution in [0.3, 0.4) is 0 Å². The highest BCUT2D eigenvalue weighted by Gasteiger charge is 2.40. The molecule has 0 aliphatic carbocycles. The summed E-state index contributed by atoms with van der Waals surface area (Å²) in [6, 6.07) is 6.55. The minimum absolute atomic E-state index is 0.129. The molecule has 2 aromatic carbocycles. The van der Waals surface area contributed by atoms with Crippen molar-refractivity contribution in [1.29, 1.82) is 0 Å². The van der Waals surface area contributed by atoms with Gasteiger partial charge in [-0.3, -0.25) is 4.79 Å². The fraction of sp³-hybridized carbons (Fsp3) is 0.444. The van der Waals surface area contributed by atoms with Crippen LogP contribution in [0.15, 0.2) is 42.5 Å². The first kappa shape index (κ1) is 30.2. The van der Waals surface area contributed by atoms with E-state index in [-0.39, 0.29) is 42.4 Å². The molecule has 12 heteroatoms. The summed E-state index contributed by atoms with van der Waals surface area (Å²) in [7, 11) is 0. The molecule has 212 valence electrons. The zero-order valence-corrected chi connectivity index (χ0v) is 22.1. The van der Waals surface area contributed by atoms with Gasteiger partial charge in [0.15, 0.2) is 11.6 Å². The van der Waals surface area contributed by atoms with Crippen LogP contribution < -0.4 is 5.73 Å². The minimum Gasteiger partial charge on any atom is -0.384 e. The van der Waals surface area contributed by atoms with Crippen molar-refractivity contribution in [2.24, 2.45) is 11.1 Å². The summed E-state index contributed by atoms with van der Waals surface area (Å²) in [6.07, 6.45) is -5.56. The molecule has 2 atom stereocenters. The summed E-state index contributed by atoms with van der Waals surface area (Å²) in [6.45, 7) is 6.94. The summed E-state index contributed by atoms with van der Waals surface area (Å²) in [5.74, 6) is -2.22. The van der Waals surface area contributed by atoms with Crippen LogP contribution in [0.25, 0.3) is 11.4 Å². The molecule has 39 heavy (non-hydrogen) atoms. The normalized spacial score (nSPS) is 13.8. The lowest BCUT2D eigenvalue weighted by Gasteiger charge is -2.40. The van der Waals surface area contributed by atoms with E-state index in [2.05, 4.69) is 10.1 Å². The third-order valence-corrected chi connectivity index (χ3v) is 6.08. The quantitative estimate of drug-likeness (QED) is 0.366. The number of hydrogen-bond acceptors (Lipinski definition) is 5. The van der Waals surface area contributed by atoms with Gasteiger partial charge in [0, 0.05) is 6.54 Å². The fourth-order valence-electron chi connectivity index (χ4n) is 4.34. The Morgan fingerprint density at radius 3 is 2.41 bits per heavy atom. The van der Waals surface area contributed by atoms with E-state index in [1.807, 2.05) is 20.8 Å². The van der Waals surface area contributed by atoms with Crippen molar-refractivity contribution < 1.29 is 31.9 Å². The number of carbonyl (C=O) groups is 1. The number of rotatable bonds is 9. The largest absolute Gasteiger partial charge is 0.416 e.